The molecule has 0 aromatic heterocycles. The fraction of sp³-hybridized carbons (Fsp3) is 0.611. The molecule has 7 heteroatoms. The van der Waals surface area contributed by atoms with Crippen molar-refractivity contribution in [3.8, 4) is 5.75 Å². The van der Waals surface area contributed by atoms with Gasteiger partial charge in [0.1, 0.15) is 5.75 Å². The van der Waals surface area contributed by atoms with Crippen molar-refractivity contribution >= 4 is 15.8 Å². The minimum absolute atomic E-state index is 0.101. The van der Waals surface area contributed by atoms with Crippen LogP contribution in [0.5, 0.6) is 5.75 Å². The SMILES string of the molecule is CCCOc1cc(C)ccc1CN=C(NCC)NCCS(=O)(=O)CC. The predicted octanol–water partition coefficient (Wildman–Crippen LogP) is 2.27. The first-order chi connectivity index (χ1) is 11.9. The van der Waals surface area contributed by atoms with Gasteiger partial charge in [-0.1, -0.05) is 26.0 Å². The molecule has 1 aromatic carbocycles. The van der Waals surface area contributed by atoms with E-state index in [1.165, 1.54) is 0 Å². The standard InChI is InChI=1S/C18H31N3O3S/c1-5-11-24-17-13-15(4)8-9-16(17)14-21-18(19-6-2)20-10-12-25(22,23)7-3/h8-9,13H,5-7,10-12,14H2,1-4H3,(H2,19,20,21). The van der Waals surface area contributed by atoms with Crippen molar-refractivity contribution in [1.29, 1.82) is 0 Å². The molecule has 0 fully saturated rings. The van der Waals surface area contributed by atoms with Crippen LogP contribution in [0.1, 0.15) is 38.3 Å². The van der Waals surface area contributed by atoms with E-state index in [1.807, 2.05) is 32.0 Å². The molecule has 0 atom stereocenters. The molecule has 0 bridgehead atoms. The summed E-state index contributed by atoms with van der Waals surface area (Å²) in [6.07, 6.45) is 0.951. The van der Waals surface area contributed by atoms with Gasteiger partial charge in [-0.25, -0.2) is 13.4 Å². The summed E-state index contributed by atoms with van der Waals surface area (Å²) in [6.45, 7) is 9.93. The highest BCUT2D eigenvalue weighted by atomic mass is 32.2. The van der Waals surface area contributed by atoms with E-state index in [1.54, 1.807) is 6.92 Å². The van der Waals surface area contributed by atoms with E-state index in [0.29, 0.717) is 32.2 Å². The lowest BCUT2D eigenvalue weighted by molar-refractivity contribution is 0.314. The molecule has 0 radical (unpaired) electrons. The van der Waals surface area contributed by atoms with Gasteiger partial charge in [-0.2, -0.15) is 0 Å². The molecular formula is C18H31N3O3S. The third kappa shape index (κ3) is 8.25. The number of nitrogens with one attached hydrogen (secondary N) is 2. The number of sulfone groups is 1. The molecule has 142 valence electrons. The van der Waals surface area contributed by atoms with Gasteiger partial charge in [0.05, 0.1) is 18.9 Å². The maximum atomic E-state index is 11.6. The minimum atomic E-state index is -2.98. The second-order valence-corrected chi connectivity index (χ2v) is 8.29. The Hall–Kier alpha value is -1.76. The van der Waals surface area contributed by atoms with Gasteiger partial charge in [-0.15, -0.1) is 0 Å². The Morgan fingerprint density at radius 1 is 1.20 bits per heavy atom. The topological polar surface area (TPSA) is 79.8 Å². The lowest BCUT2D eigenvalue weighted by atomic mass is 10.1. The van der Waals surface area contributed by atoms with Crippen LogP contribution in [0.3, 0.4) is 0 Å². The number of ether oxygens (including phenoxy) is 1. The van der Waals surface area contributed by atoms with Crippen LogP contribution in [-0.2, 0) is 16.4 Å². The van der Waals surface area contributed by atoms with E-state index in [-0.39, 0.29) is 11.5 Å². The van der Waals surface area contributed by atoms with Gasteiger partial charge >= 0.3 is 0 Å². The average Bonchev–Trinajstić information content (AvgIpc) is 2.58. The van der Waals surface area contributed by atoms with Gasteiger partial charge < -0.3 is 15.4 Å². The van der Waals surface area contributed by atoms with E-state index in [4.69, 9.17) is 4.74 Å². The van der Waals surface area contributed by atoms with Crippen molar-refractivity contribution in [2.45, 2.75) is 40.7 Å². The zero-order valence-electron chi connectivity index (χ0n) is 15.8. The van der Waals surface area contributed by atoms with Crippen LogP contribution in [0.25, 0.3) is 0 Å². The number of aryl methyl sites for hydroxylation is 1. The maximum Gasteiger partial charge on any atom is 0.191 e. The molecule has 1 aromatic rings. The monoisotopic (exact) mass is 369 g/mol. The summed E-state index contributed by atoms with van der Waals surface area (Å²) >= 11 is 0. The summed E-state index contributed by atoms with van der Waals surface area (Å²) in [5, 5.41) is 6.21. The molecule has 0 unspecified atom stereocenters. The molecule has 0 saturated carbocycles. The highest BCUT2D eigenvalue weighted by Crippen LogP contribution is 2.21. The van der Waals surface area contributed by atoms with E-state index < -0.39 is 9.84 Å². The number of benzene rings is 1. The minimum Gasteiger partial charge on any atom is -0.493 e. The van der Waals surface area contributed by atoms with Crippen molar-refractivity contribution in [2.24, 2.45) is 4.99 Å². The Balaban J connectivity index is 2.76. The zero-order chi connectivity index (χ0) is 18.7. The maximum absolute atomic E-state index is 11.6. The molecule has 6 nitrogen and oxygen atoms in total. The lowest BCUT2D eigenvalue weighted by Crippen LogP contribution is -2.39. The molecule has 0 aliphatic carbocycles. The summed E-state index contributed by atoms with van der Waals surface area (Å²) in [5.41, 5.74) is 2.16. The summed E-state index contributed by atoms with van der Waals surface area (Å²) in [5.74, 6) is 1.72. The number of rotatable bonds is 10. The quantitative estimate of drug-likeness (QED) is 0.488. The van der Waals surface area contributed by atoms with Gasteiger partial charge in [0, 0.05) is 24.4 Å². The normalized spacial score (nSPS) is 12.1. The second-order valence-electron chi connectivity index (χ2n) is 5.82. The third-order valence-electron chi connectivity index (χ3n) is 3.58. The van der Waals surface area contributed by atoms with Crippen molar-refractivity contribution in [3.63, 3.8) is 0 Å². The Morgan fingerprint density at radius 2 is 1.96 bits per heavy atom. The van der Waals surface area contributed by atoms with E-state index >= 15 is 0 Å². The van der Waals surface area contributed by atoms with Gasteiger partial charge in [-0.05, 0) is 31.9 Å². The first-order valence-electron chi connectivity index (χ1n) is 8.86. The van der Waals surface area contributed by atoms with Crippen LogP contribution in [-0.4, -0.2) is 45.6 Å². The summed E-state index contributed by atoms with van der Waals surface area (Å²) in [7, 11) is -2.98. The Labute approximate surface area is 152 Å². The molecule has 0 aliphatic rings. The van der Waals surface area contributed by atoms with Crippen LogP contribution in [0.2, 0.25) is 0 Å². The molecule has 25 heavy (non-hydrogen) atoms. The number of guanidine groups is 1. The van der Waals surface area contributed by atoms with E-state index in [0.717, 1.165) is 23.3 Å². The van der Waals surface area contributed by atoms with Crippen LogP contribution in [0, 0.1) is 6.92 Å². The Kier molecular flexibility index (Phi) is 9.34. The van der Waals surface area contributed by atoms with Crippen LogP contribution in [0.4, 0.5) is 0 Å². The molecule has 2 N–H and O–H groups in total. The molecular weight excluding hydrogens is 338 g/mol. The highest BCUT2D eigenvalue weighted by Gasteiger charge is 2.08. The number of aliphatic imine (C=N–C) groups is 1. The van der Waals surface area contributed by atoms with Crippen LogP contribution in [0.15, 0.2) is 23.2 Å². The highest BCUT2D eigenvalue weighted by molar-refractivity contribution is 7.91. The molecule has 1 rings (SSSR count). The molecule has 0 amide bonds. The third-order valence-corrected chi connectivity index (χ3v) is 5.29. The van der Waals surface area contributed by atoms with Crippen molar-refractivity contribution in [2.75, 3.05) is 31.2 Å². The van der Waals surface area contributed by atoms with Crippen LogP contribution >= 0.6 is 0 Å². The predicted molar refractivity (Wildman–Crippen MR) is 104 cm³/mol. The zero-order valence-corrected chi connectivity index (χ0v) is 16.6. The average molecular weight is 370 g/mol. The summed E-state index contributed by atoms with van der Waals surface area (Å²) in [6, 6.07) is 6.08. The van der Waals surface area contributed by atoms with Gasteiger partial charge in [0.15, 0.2) is 15.8 Å². The van der Waals surface area contributed by atoms with E-state index in [9.17, 15) is 8.42 Å². The van der Waals surface area contributed by atoms with Gasteiger partial charge in [-0.3, -0.25) is 0 Å². The van der Waals surface area contributed by atoms with E-state index in [2.05, 4.69) is 22.5 Å². The Morgan fingerprint density at radius 3 is 2.60 bits per heavy atom. The fourth-order valence-corrected chi connectivity index (χ4v) is 2.82. The van der Waals surface area contributed by atoms with Gasteiger partial charge in [0.2, 0.25) is 0 Å². The largest absolute Gasteiger partial charge is 0.493 e. The second kappa shape index (κ2) is 11.0. The Bertz CT molecular complexity index is 658. The fourth-order valence-electron chi connectivity index (χ4n) is 2.11. The first kappa shape index (κ1) is 21.3. The number of hydrogen-bond donors (Lipinski definition) is 2. The van der Waals surface area contributed by atoms with Gasteiger partial charge in [0.25, 0.3) is 0 Å². The molecule has 0 saturated heterocycles. The summed E-state index contributed by atoms with van der Waals surface area (Å²) in [4.78, 5) is 4.55. The summed E-state index contributed by atoms with van der Waals surface area (Å²) < 4.78 is 29.0. The van der Waals surface area contributed by atoms with Crippen molar-refractivity contribution < 1.29 is 13.2 Å². The number of nitrogens with zero attached hydrogens (tertiary/aromatic N) is 1. The molecule has 0 spiro atoms. The first-order valence-corrected chi connectivity index (χ1v) is 10.7. The van der Waals surface area contributed by atoms with Crippen LogP contribution < -0.4 is 15.4 Å². The lowest BCUT2D eigenvalue weighted by Gasteiger charge is -2.13. The molecule has 0 heterocycles. The smallest absolute Gasteiger partial charge is 0.191 e. The van der Waals surface area contributed by atoms with Crippen molar-refractivity contribution in [3.05, 3.63) is 29.3 Å². The number of hydrogen-bond acceptors (Lipinski definition) is 4. The van der Waals surface area contributed by atoms with Crippen molar-refractivity contribution in [1.82, 2.24) is 10.6 Å². The molecule has 0 aliphatic heterocycles.